The van der Waals surface area contributed by atoms with Crippen molar-refractivity contribution in [1.29, 1.82) is 0 Å². The number of rotatable bonds is 5. The summed E-state index contributed by atoms with van der Waals surface area (Å²) in [5.41, 5.74) is 3.57. The highest BCUT2D eigenvalue weighted by Gasteiger charge is 2.15. The Balaban J connectivity index is 1.65. The number of carbonyl (C=O) groups is 1. The molecule has 1 N–H and O–H groups in total. The van der Waals surface area contributed by atoms with Crippen LogP contribution in [0.15, 0.2) is 30.3 Å². The van der Waals surface area contributed by atoms with Crippen molar-refractivity contribution in [2.24, 2.45) is 7.05 Å². The summed E-state index contributed by atoms with van der Waals surface area (Å²) < 4.78 is 1.64. The first kappa shape index (κ1) is 17.6. The van der Waals surface area contributed by atoms with Gasteiger partial charge in [-0.05, 0) is 37.2 Å². The lowest BCUT2D eigenvalue weighted by molar-refractivity contribution is 0.101. The molecule has 2 heterocycles. The number of benzene rings is 1. The molecule has 1 fully saturated rings. The number of piperazine rings is 1. The van der Waals surface area contributed by atoms with E-state index in [1.54, 1.807) is 11.7 Å². The van der Waals surface area contributed by atoms with Gasteiger partial charge in [0, 0.05) is 45.5 Å². The maximum Gasteiger partial charge on any atom is 0.273 e. The molecular formula is C19H27N5O. The molecule has 2 aromatic rings. The van der Waals surface area contributed by atoms with E-state index in [9.17, 15) is 4.79 Å². The number of anilines is 1. The van der Waals surface area contributed by atoms with Crippen LogP contribution in [0.25, 0.3) is 0 Å². The van der Waals surface area contributed by atoms with Crippen LogP contribution in [-0.4, -0.2) is 58.7 Å². The van der Waals surface area contributed by atoms with Crippen LogP contribution in [0.1, 0.15) is 28.7 Å². The maximum atomic E-state index is 12.5. The molecule has 6 heteroatoms. The second-order valence-corrected chi connectivity index (χ2v) is 6.73. The fraction of sp³-hybridized carbons (Fsp3) is 0.474. The van der Waals surface area contributed by atoms with Gasteiger partial charge in [-0.1, -0.05) is 19.1 Å². The molecule has 1 aliphatic heterocycles. The Hall–Kier alpha value is -2.18. The first-order chi connectivity index (χ1) is 12.0. The maximum absolute atomic E-state index is 12.5. The second kappa shape index (κ2) is 7.80. The average molecular weight is 341 g/mol. The van der Waals surface area contributed by atoms with Crippen molar-refractivity contribution in [3.8, 4) is 0 Å². The predicted molar refractivity (Wildman–Crippen MR) is 99.8 cm³/mol. The van der Waals surface area contributed by atoms with Gasteiger partial charge in [0.15, 0.2) is 0 Å². The third kappa shape index (κ3) is 4.46. The molecule has 0 saturated carbocycles. The number of likely N-dealkylation sites (N-methyl/N-ethyl adjacent to an activating group) is 1. The number of hydrogen-bond donors (Lipinski definition) is 1. The van der Waals surface area contributed by atoms with Crippen LogP contribution < -0.4 is 5.32 Å². The van der Waals surface area contributed by atoms with Gasteiger partial charge in [0.25, 0.3) is 5.91 Å². The predicted octanol–water partition coefficient (Wildman–Crippen LogP) is 1.98. The molecule has 134 valence electrons. The number of aryl methyl sites for hydroxylation is 2. The SMILES string of the molecule is CCc1cc(C(=O)Nc2cccc(CN3CCN(C)CC3)c2)n(C)n1. The van der Waals surface area contributed by atoms with Crippen LogP contribution in [0, 0.1) is 0 Å². The second-order valence-electron chi connectivity index (χ2n) is 6.73. The number of nitrogens with zero attached hydrogens (tertiary/aromatic N) is 4. The fourth-order valence-corrected chi connectivity index (χ4v) is 3.12. The number of aromatic nitrogens is 2. The molecule has 1 aromatic carbocycles. The number of carbonyl (C=O) groups excluding carboxylic acids is 1. The highest BCUT2D eigenvalue weighted by molar-refractivity contribution is 6.03. The van der Waals surface area contributed by atoms with Crippen molar-refractivity contribution in [2.75, 3.05) is 38.5 Å². The van der Waals surface area contributed by atoms with Gasteiger partial charge in [0.1, 0.15) is 5.69 Å². The molecule has 1 aromatic heterocycles. The number of hydrogen-bond acceptors (Lipinski definition) is 4. The minimum Gasteiger partial charge on any atom is -0.321 e. The molecular weight excluding hydrogens is 314 g/mol. The highest BCUT2D eigenvalue weighted by atomic mass is 16.2. The molecule has 0 unspecified atom stereocenters. The molecule has 0 atom stereocenters. The molecule has 0 aliphatic carbocycles. The Kier molecular flexibility index (Phi) is 5.50. The molecule has 0 spiro atoms. The lowest BCUT2D eigenvalue weighted by Gasteiger charge is -2.32. The Morgan fingerprint density at radius 3 is 2.60 bits per heavy atom. The molecule has 1 aliphatic rings. The zero-order chi connectivity index (χ0) is 17.8. The van der Waals surface area contributed by atoms with E-state index >= 15 is 0 Å². The summed E-state index contributed by atoms with van der Waals surface area (Å²) >= 11 is 0. The largest absolute Gasteiger partial charge is 0.321 e. The lowest BCUT2D eigenvalue weighted by atomic mass is 10.1. The van der Waals surface area contributed by atoms with Crippen molar-refractivity contribution in [2.45, 2.75) is 19.9 Å². The van der Waals surface area contributed by atoms with Crippen molar-refractivity contribution in [3.63, 3.8) is 0 Å². The topological polar surface area (TPSA) is 53.4 Å². The van der Waals surface area contributed by atoms with E-state index in [1.165, 1.54) is 5.56 Å². The zero-order valence-corrected chi connectivity index (χ0v) is 15.3. The van der Waals surface area contributed by atoms with E-state index in [0.717, 1.165) is 50.5 Å². The smallest absolute Gasteiger partial charge is 0.273 e. The first-order valence-electron chi connectivity index (χ1n) is 8.89. The van der Waals surface area contributed by atoms with Crippen molar-refractivity contribution >= 4 is 11.6 Å². The molecule has 0 radical (unpaired) electrons. The van der Waals surface area contributed by atoms with E-state index < -0.39 is 0 Å². The summed E-state index contributed by atoms with van der Waals surface area (Å²) in [6.07, 6.45) is 0.821. The van der Waals surface area contributed by atoms with E-state index in [1.807, 2.05) is 25.1 Å². The standard InChI is InChI=1S/C19H27N5O/c1-4-16-13-18(23(3)21-16)19(25)20-17-7-5-6-15(12-17)14-24-10-8-22(2)9-11-24/h5-7,12-13H,4,8-11,14H2,1-3H3,(H,20,25). The number of nitrogens with one attached hydrogen (secondary N) is 1. The minimum atomic E-state index is -0.119. The van der Waals surface area contributed by atoms with Crippen molar-refractivity contribution < 1.29 is 4.79 Å². The van der Waals surface area contributed by atoms with Gasteiger partial charge >= 0.3 is 0 Å². The first-order valence-corrected chi connectivity index (χ1v) is 8.89. The number of amides is 1. The monoisotopic (exact) mass is 341 g/mol. The van der Waals surface area contributed by atoms with Crippen LogP contribution in [0.5, 0.6) is 0 Å². The summed E-state index contributed by atoms with van der Waals surface area (Å²) in [5, 5.41) is 7.33. The van der Waals surface area contributed by atoms with Gasteiger partial charge in [-0.15, -0.1) is 0 Å². The summed E-state index contributed by atoms with van der Waals surface area (Å²) in [6.45, 7) is 7.34. The van der Waals surface area contributed by atoms with E-state index in [-0.39, 0.29) is 5.91 Å². The van der Waals surface area contributed by atoms with Gasteiger partial charge in [-0.3, -0.25) is 14.4 Å². The molecule has 3 rings (SSSR count). The van der Waals surface area contributed by atoms with E-state index in [0.29, 0.717) is 5.69 Å². The van der Waals surface area contributed by atoms with Gasteiger partial charge in [0.05, 0.1) is 5.69 Å². The van der Waals surface area contributed by atoms with Crippen LogP contribution in [0.3, 0.4) is 0 Å². The minimum absolute atomic E-state index is 0.119. The zero-order valence-electron chi connectivity index (χ0n) is 15.3. The van der Waals surface area contributed by atoms with Crippen LogP contribution in [0.4, 0.5) is 5.69 Å². The molecule has 25 heavy (non-hydrogen) atoms. The summed E-state index contributed by atoms with van der Waals surface area (Å²) in [7, 11) is 3.97. The van der Waals surface area contributed by atoms with E-state index in [4.69, 9.17) is 0 Å². The Labute approximate surface area is 149 Å². The molecule has 0 bridgehead atoms. The van der Waals surface area contributed by atoms with Gasteiger partial charge in [-0.2, -0.15) is 5.10 Å². The highest BCUT2D eigenvalue weighted by Crippen LogP contribution is 2.15. The Morgan fingerprint density at radius 2 is 1.92 bits per heavy atom. The van der Waals surface area contributed by atoms with Crippen molar-refractivity contribution in [1.82, 2.24) is 19.6 Å². The van der Waals surface area contributed by atoms with Gasteiger partial charge in [0.2, 0.25) is 0 Å². The Morgan fingerprint density at radius 1 is 1.16 bits per heavy atom. The lowest BCUT2D eigenvalue weighted by Crippen LogP contribution is -2.43. The van der Waals surface area contributed by atoms with Crippen molar-refractivity contribution in [3.05, 3.63) is 47.3 Å². The third-order valence-corrected chi connectivity index (χ3v) is 4.71. The van der Waals surface area contributed by atoms with Crippen LogP contribution in [0.2, 0.25) is 0 Å². The fourth-order valence-electron chi connectivity index (χ4n) is 3.12. The molecule has 1 saturated heterocycles. The quantitative estimate of drug-likeness (QED) is 0.904. The molecule has 6 nitrogen and oxygen atoms in total. The van der Waals surface area contributed by atoms with Gasteiger partial charge < -0.3 is 10.2 Å². The van der Waals surface area contributed by atoms with E-state index in [2.05, 4.69) is 39.4 Å². The summed E-state index contributed by atoms with van der Waals surface area (Å²) in [6, 6.07) is 9.97. The average Bonchev–Trinajstić information content (AvgIpc) is 2.98. The molecule has 1 amide bonds. The third-order valence-electron chi connectivity index (χ3n) is 4.71. The summed E-state index contributed by atoms with van der Waals surface area (Å²) in [5.74, 6) is -0.119. The van der Waals surface area contributed by atoms with Crippen LogP contribution >= 0.6 is 0 Å². The van der Waals surface area contributed by atoms with Crippen LogP contribution in [-0.2, 0) is 20.0 Å². The summed E-state index contributed by atoms with van der Waals surface area (Å²) in [4.78, 5) is 17.3. The van der Waals surface area contributed by atoms with Gasteiger partial charge in [-0.25, -0.2) is 0 Å². The normalized spacial score (nSPS) is 16.1. The Bertz CT molecular complexity index is 731.